The van der Waals surface area contributed by atoms with E-state index in [1.54, 1.807) is 0 Å². The van der Waals surface area contributed by atoms with Crippen LogP contribution in [0.2, 0.25) is 0 Å². The monoisotopic (exact) mass is 190 g/mol. The van der Waals surface area contributed by atoms with Crippen molar-refractivity contribution in [3.8, 4) is 0 Å². The lowest BCUT2D eigenvalue weighted by atomic mass is 10.2. The van der Waals surface area contributed by atoms with Gasteiger partial charge in [0.25, 0.3) is 0 Å². The second-order valence-electron chi connectivity index (χ2n) is 3.37. The first-order valence-corrected chi connectivity index (χ1v) is 4.62. The fourth-order valence-electron chi connectivity index (χ4n) is 1.55. The number of nitrogens with zero attached hydrogens (tertiary/aromatic N) is 1. The van der Waals surface area contributed by atoms with Gasteiger partial charge in [-0.05, 0) is 0 Å². The summed E-state index contributed by atoms with van der Waals surface area (Å²) in [7, 11) is 0. The van der Waals surface area contributed by atoms with E-state index in [0.717, 1.165) is 19.6 Å². The summed E-state index contributed by atoms with van der Waals surface area (Å²) in [6.45, 7) is 2.72. The molecule has 1 aliphatic rings. The molecule has 0 radical (unpaired) electrons. The molecule has 0 aromatic rings. The molecule has 0 saturated carbocycles. The van der Waals surface area contributed by atoms with Crippen LogP contribution >= 0.6 is 0 Å². The Morgan fingerprint density at radius 2 is 2.23 bits per heavy atom. The van der Waals surface area contributed by atoms with Crippen LogP contribution in [0.3, 0.4) is 0 Å². The molecule has 0 aromatic heterocycles. The zero-order valence-electron chi connectivity index (χ0n) is 7.69. The maximum Gasteiger partial charge on any atom is 0.0897 e. The van der Waals surface area contributed by atoms with E-state index in [2.05, 4.69) is 5.32 Å². The molecule has 0 aromatic carbocycles. The van der Waals surface area contributed by atoms with Gasteiger partial charge in [-0.2, -0.15) is 0 Å². The van der Waals surface area contributed by atoms with Gasteiger partial charge < -0.3 is 20.6 Å². The van der Waals surface area contributed by atoms with E-state index in [4.69, 9.17) is 10.2 Å². The van der Waals surface area contributed by atoms with E-state index in [0.29, 0.717) is 6.54 Å². The summed E-state index contributed by atoms with van der Waals surface area (Å²) >= 11 is 0. The van der Waals surface area contributed by atoms with Gasteiger partial charge in [0.05, 0.1) is 19.3 Å². The minimum absolute atomic E-state index is 0.0648. The quantitative estimate of drug-likeness (QED) is 0.398. The first kappa shape index (κ1) is 10.9. The molecule has 5 heteroatoms. The van der Waals surface area contributed by atoms with E-state index in [1.807, 2.05) is 4.90 Å². The average molecular weight is 190 g/mol. The van der Waals surface area contributed by atoms with Crippen molar-refractivity contribution in [1.82, 2.24) is 10.2 Å². The molecule has 1 heterocycles. The van der Waals surface area contributed by atoms with Crippen LogP contribution in [-0.4, -0.2) is 71.8 Å². The van der Waals surface area contributed by atoms with Crippen LogP contribution in [0, 0.1) is 0 Å². The highest BCUT2D eigenvalue weighted by molar-refractivity contribution is 4.80. The predicted octanol–water partition coefficient (Wildman–Crippen LogP) is -2.39. The summed E-state index contributed by atoms with van der Waals surface area (Å²) in [5.74, 6) is 0. The molecule has 0 bridgehead atoms. The van der Waals surface area contributed by atoms with Gasteiger partial charge in [-0.25, -0.2) is 0 Å². The zero-order chi connectivity index (χ0) is 9.68. The molecule has 13 heavy (non-hydrogen) atoms. The second-order valence-corrected chi connectivity index (χ2v) is 3.37. The summed E-state index contributed by atoms with van der Waals surface area (Å²) in [4.78, 5) is 2.00. The van der Waals surface area contributed by atoms with E-state index < -0.39 is 6.10 Å². The first-order valence-electron chi connectivity index (χ1n) is 4.62. The van der Waals surface area contributed by atoms with E-state index in [-0.39, 0.29) is 19.3 Å². The topological polar surface area (TPSA) is 76.0 Å². The lowest BCUT2D eigenvalue weighted by Gasteiger charge is -2.35. The van der Waals surface area contributed by atoms with Crippen molar-refractivity contribution in [2.75, 3.05) is 39.4 Å². The van der Waals surface area contributed by atoms with Crippen molar-refractivity contribution in [2.24, 2.45) is 0 Å². The van der Waals surface area contributed by atoms with E-state index in [9.17, 15) is 5.11 Å². The summed E-state index contributed by atoms with van der Waals surface area (Å²) in [5.41, 5.74) is 0. The molecule has 78 valence electrons. The lowest BCUT2D eigenvalue weighted by Crippen LogP contribution is -2.55. The molecule has 1 aliphatic heterocycles. The summed E-state index contributed by atoms with van der Waals surface area (Å²) in [5, 5.41) is 30.1. The third-order valence-electron chi connectivity index (χ3n) is 2.34. The van der Waals surface area contributed by atoms with Crippen LogP contribution in [0.5, 0.6) is 0 Å². The molecule has 0 aliphatic carbocycles. The largest absolute Gasteiger partial charge is 0.395 e. The molecule has 2 unspecified atom stereocenters. The predicted molar refractivity (Wildman–Crippen MR) is 48.4 cm³/mol. The van der Waals surface area contributed by atoms with Gasteiger partial charge in [0, 0.05) is 32.2 Å². The Balaban J connectivity index is 2.35. The SMILES string of the molecule is OCC(O)CN1CCNCC1CO. The van der Waals surface area contributed by atoms with Crippen molar-refractivity contribution in [3.05, 3.63) is 0 Å². The molecule has 1 rings (SSSR count). The Hall–Kier alpha value is -0.200. The Labute approximate surface area is 78.0 Å². The van der Waals surface area contributed by atoms with Crippen LogP contribution in [0.1, 0.15) is 0 Å². The van der Waals surface area contributed by atoms with Gasteiger partial charge in [0.1, 0.15) is 0 Å². The average Bonchev–Trinajstić information content (AvgIpc) is 2.18. The smallest absolute Gasteiger partial charge is 0.0897 e. The van der Waals surface area contributed by atoms with Gasteiger partial charge >= 0.3 is 0 Å². The summed E-state index contributed by atoms with van der Waals surface area (Å²) < 4.78 is 0. The molecule has 4 N–H and O–H groups in total. The van der Waals surface area contributed by atoms with E-state index >= 15 is 0 Å². The molecular formula is C8H18N2O3. The van der Waals surface area contributed by atoms with E-state index in [1.165, 1.54) is 0 Å². The number of rotatable bonds is 4. The summed E-state index contributed by atoms with van der Waals surface area (Å²) in [6, 6.07) is 0.0648. The molecule has 0 spiro atoms. The van der Waals surface area contributed by atoms with Crippen molar-refractivity contribution >= 4 is 0 Å². The minimum Gasteiger partial charge on any atom is -0.395 e. The number of β-amino-alcohol motifs (C(OH)–C–C–N with tert-alkyl or cyclic N) is 1. The maximum absolute atomic E-state index is 9.23. The van der Waals surface area contributed by atoms with Crippen LogP contribution in [0.25, 0.3) is 0 Å². The van der Waals surface area contributed by atoms with Crippen LogP contribution in [0.15, 0.2) is 0 Å². The molecular weight excluding hydrogens is 172 g/mol. The lowest BCUT2D eigenvalue weighted by molar-refractivity contribution is 0.0232. The Morgan fingerprint density at radius 3 is 2.85 bits per heavy atom. The van der Waals surface area contributed by atoms with Crippen molar-refractivity contribution in [3.63, 3.8) is 0 Å². The van der Waals surface area contributed by atoms with Crippen LogP contribution in [0.4, 0.5) is 0 Å². The highest BCUT2D eigenvalue weighted by Crippen LogP contribution is 2.03. The molecule has 1 fully saturated rings. The van der Waals surface area contributed by atoms with Gasteiger partial charge in [-0.1, -0.05) is 0 Å². The van der Waals surface area contributed by atoms with Crippen molar-refractivity contribution in [1.29, 1.82) is 0 Å². The minimum atomic E-state index is -0.702. The Bertz CT molecular complexity index is 145. The highest BCUT2D eigenvalue weighted by Gasteiger charge is 2.22. The molecule has 0 amide bonds. The highest BCUT2D eigenvalue weighted by atomic mass is 16.3. The molecule has 5 nitrogen and oxygen atoms in total. The van der Waals surface area contributed by atoms with Crippen molar-refractivity contribution in [2.45, 2.75) is 12.1 Å². The van der Waals surface area contributed by atoms with Gasteiger partial charge in [-0.15, -0.1) is 0 Å². The first-order chi connectivity index (χ1) is 6.27. The number of piperazine rings is 1. The van der Waals surface area contributed by atoms with Gasteiger partial charge in [0.15, 0.2) is 0 Å². The third-order valence-corrected chi connectivity index (χ3v) is 2.34. The van der Waals surface area contributed by atoms with Crippen LogP contribution in [-0.2, 0) is 0 Å². The Kier molecular flexibility index (Phi) is 4.61. The maximum atomic E-state index is 9.23. The van der Waals surface area contributed by atoms with Gasteiger partial charge in [-0.3, -0.25) is 4.90 Å². The fourth-order valence-corrected chi connectivity index (χ4v) is 1.55. The second kappa shape index (κ2) is 5.51. The van der Waals surface area contributed by atoms with Crippen LogP contribution < -0.4 is 5.32 Å². The number of aliphatic hydroxyl groups excluding tert-OH is 3. The Morgan fingerprint density at radius 1 is 1.46 bits per heavy atom. The third kappa shape index (κ3) is 3.21. The number of hydrogen-bond donors (Lipinski definition) is 4. The number of nitrogens with one attached hydrogen (secondary N) is 1. The number of hydrogen-bond acceptors (Lipinski definition) is 5. The van der Waals surface area contributed by atoms with Crippen molar-refractivity contribution < 1.29 is 15.3 Å². The normalized spacial score (nSPS) is 27.5. The molecule has 1 saturated heterocycles. The fraction of sp³-hybridized carbons (Fsp3) is 1.00. The number of aliphatic hydroxyl groups is 3. The molecule has 2 atom stereocenters. The zero-order valence-corrected chi connectivity index (χ0v) is 7.69. The standard InChI is InChI=1S/C8H18N2O3/c11-5-7-3-9-1-2-10(7)4-8(13)6-12/h7-9,11-13H,1-6H2. The van der Waals surface area contributed by atoms with Gasteiger partial charge in [0.2, 0.25) is 0 Å². The summed E-state index contributed by atoms with van der Waals surface area (Å²) in [6.07, 6.45) is -0.702.